The van der Waals surface area contributed by atoms with E-state index in [9.17, 15) is 4.79 Å². The standard InChI is InChI=1S/C15H21NO4/c1-11-10-20-13(9-17)8-16(11)15(18)7-12-5-3-4-6-14(12)19-2/h3-6,11,13,17H,7-10H2,1-2H3. The van der Waals surface area contributed by atoms with E-state index >= 15 is 0 Å². The number of rotatable bonds is 4. The Morgan fingerprint density at radius 1 is 1.50 bits per heavy atom. The van der Waals surface area contributed by atoms with Crippen molar-refractivity contribution in [3.8, 4) is 5.75 Å². The third-order valence-corrected chi connectivity index (χ3v) is 3.56. The zero-order valence-electron chi connectivity index (χ0n) is 11.9. The fourth-order valence-corrected chi connectivity index (χ4v) is 2.39. The summed E-state index contributed by atoms with van der Waals surface area (Å²) in [4.78, 5) is 14.2. The van der Waals surface area contributed by atoms with Gasteiger partial charge in [-0.25, -0.2) is 0 Å². The summed E-state index contributed by atoms with van der Waals surface area (Å²) in [6, 6.07) is 7.55. The van der Waals surface area contributed by atoms with Gasteiger partial charge in [0.05, 0.1) is 38.9 Å². The van der Waals surface area contributed by atoms with Crippen molar-refractivity contribution in [3.05, 3.63) is 29.8 Å². The Bertz CT molecular complexity index is 463. The largest absolute Gasteiger partial charge is 0.496 e. The minimum atomic E-state index is -0.284. The molecule has 1 aliphatic heterocycles. The number of hydrogen-bond donors (Lipinski definition) is 1. The highest BCUT2D eigenvalue weighted by molar-refractivity contribution is 5.80. The fourth-order valence-electron chi connectivity index (χ4n) is 2.39. The van der Waals surface area contributed by atoms with Crippen molar-refractivity contribution in [3.63, 3.8) is 0 Å². The van der Waals surface area contributed by atoms with Gasteiger partial charge in [0.2, 0.25) is 5.91 Å². The van der Waals surface area contributed by atoms with Gasteiger partial charge in [0, 0.05) is 12.1 Å². The van der Waals surface area contributed by atoms with Crippen molar-refractivity contribution in [1.29, 1.82) is 0 Å². The number of para-hydroxylation sites is 1. The molecule has 110 valence electrons. The van der Waals surface area contributed by atoms with Gasteiger partial charge in [-0.05, 0) is 13.0 Å². The van der Waals surface area contributed by atoms with Gasteiger partial charge in [0.25, 0.3) is 0 Å². The molecule has 1 amide bonds. The summed E-state index contributed by atoms with van der Waals surface area (Å²) >= 11 is 0. The molecule has 0 spiro atoms. The van der Waals surface area contributed by atoms with Crippen molar-refractivity contribution in [1.82, 2.24) is 4.90 Å². The van der Waals surface area contributed by atoms with Crippen LogP contribution in [-0.4, -0.2) is 54.9 Å². The number of carbonyl (C=O) groups is 1. The average molecular weight is 279 g/mol. The Balaban J connectivity index is 2.06. The molecule has 0 radical (unpaired) electrons. The molecule has 2 atom stereocenters. The highest BCUT2D eigenvalue weighted by Gasteiger charge is 2.29. The van der Waals surface area contributed by atoms with Gasteiger partial charge >= 0.3 is 0 Å². The molecular weight excluding hydrogens is 258 g/mol. The molecular formula is C15H21NO4. The van der Waals surface area contributed by atoms with Crippen molar-refractivity contribution in [2.45, 2.75) is 25.5 Å². The molecule has 0 aromatic heterocycles. The van der Waals surface area contributed by atoms with Crippen LogP contribution >= 0.6 is 0 Å². The summed E-state index contributed by atoms with van der Waals surface area (Å²) in [6.07, 6.45) is 0.0137. The number of carbonyl (C=O) groups excluding carboxylic acids is 1. The summed E-state index contributed by atoms with van der Waals surface area (Å²) in [7, 11) is 1.60. The van der Waals surface area contributed by atoms with Gasteiger partial charge in [-0.1, -0.05) is 18.2 Å². The smallest absolute Gasteiger partial charge is 0.227 e. The van der Waals surface area contributed by atoms with Crippen LogP contribution in [0.4, 0.5) is 0 Å². The summed E-state index contributed by atoms with van der Waals surface area (Å²) in [6.45, 7) is 2.79. The van der Waals surface area contributed by atoms with Crippen molar-refractivity contribution in [2.75, 3.05) is 26.9 Å². The number of nitrogens with zero attached hydrogens (tertiary/aromatic N) is 1. The van der Waals surface area contributed by atoms with Gasteiger partial charge in [-0.2, -0.15) is 0 Å². The van der Waals surface area contributed by atoms with Crippen LogP contribution in [0.5, 0.6) is 5.75 Å². The molecule has 1 fully saturated rings. The topological polar surface area (TPSA) is 59.0 Å². The molecule has 5 nitrogen and oxygen atoms in total. The van der Waals surface area contributed by atoms with E-state index in [1.807, 2.05) is 31.2 Å². The second kappa shape index (κ2) is 6.72. The molecule has 1 aromatic rings. The van der Waals surface area contributed by atoms with Gasteiger partial charge < -0.3 is 19.5 Å². The summed E-state index contributed by atoms with van der Waals surface area (Å²) in [5.74, 6) is 0.754. The molecule has 1 aliphatic rings. The summed E-state index contributed by atoms with van der Waals surface area (Å²) in [5, 5.41) is 9.17. The van der Waals surface area contributed by atoms with E-state index in [1.165, 1.54) is 0 Å². The van der Waals surface area contributed by atoms with Crippen molar-refractivity contribution >= 4 is 5.91 Å². The van der Waals surface area contributed by atoms with E-state index in [0.29, 0.717) is 19.6 Å². The predicted molar refractivity (Wildman–Crippen MR) is 74.7 cm³/mol. The molecule has 1 N–H and O–H groups in total. The van der Waals surface area contributed by atoms with Gasteiger partial charge in [0.1, 0.15) is 5.75 Å². The Labute approximate surface area is 119 Å². The number of amides is 1. The minimum absolute atomic E-state index is 0.0278. The van der Waals surface area contributed by atoms with Crippen molar-refractivity contribution < 1.29 is 19.4 Å². The predicted octanol–water partition coefficient (Wildman–Crippen LogP) is 0.846. The number of morpholine rings is 1. The van der Waals surface area contributed by atoms with E-state index in [1.54, 1.807) is 12.0 Å². The van der Waals surface area contributed by atoms with Crippen LogP contribution < -0.4 is 4.74 Å². The Morgan fingerprint density at radius 3 is 2.95 bits per heavy atom. The van der Waals surface area contributed by atoms with Crippen LogP contribution in [0.3, 0.4) is 0 Å². The molecule has 0 saturated carbocycles. The van der Waals surface area contributed by atoms with Crippen LogP contribution in [0.25, 0.3) is 0 Å². The van der Waals surface area contributed by atoms with Gasteiger partial charge in [-0.3, -0.25) is 4.79 Å². The van der Waals surface area contributed by atoms with E-state index in [-0.39, 0.29) is 24.7 Å². The van der Waals surface area contributed by atoms with Crippen LogP contribution in [0.2, 0.25) is 0 Å². The maximum absolute atomic E-state index is 12.4. The van der Waals surface area contributed by atoms with Crippen LogP contribution in [-0.2, 0) is 16.0 Å². The monoisotopic (exact) mass is 279 g/mol. The second-order valence-corrected chi connectivity index (χ2v) is 5.02. The molecule has 0 aliphatic carbocycles. The second-order valence-electron chi connectivity index (χ2n) is 5.02. The lowest BCUT2D eigenvalue weighted by atomic mass is 10.1. The van der Waals surface area contributed by atoms with Gasteiger partial charge in [0.15, 0.2) is 0 Å². The molecule has 20 heavy (non-hydrogen) atoms. The van der Waals surface area contributed by atoms with E-state index in [0.717, 1.165) is 11.3 Å². The van der Waals surface area contributed by atoms with Crippen LogP contribution in [0.1, 0.15) is 12.5 Å². The maximum Gasteiger partial charge on any atom is 0.227 e. The minimum Gasteiger partial charge on any atom is -0.496 e. The highest BCUT2D eigenvalue weighted by atomic mass is 16.5. The Hall–Kier alpha value is -1.59. The third kappa shape index (κ3) is 3.29. The molecule has 2 rings (SSSR count). The highest BCUT2D eigenvalue weighted by Crippen LogP contribution is 2.20. The van der Waals surface area contributed by atoms with Crippen molar-refractivity contribution in [2.24, 2.45) is 0 Å². The SMILES string of the molecule is COc1ccccc1CC(=O)N1CC(CO)OCC1C. The molecule has 0 bridgehead atoms. The molecule has 1 heterocycles. The first kappa shape index (κ1) is 14.8. The van der Waals surface area contributed by atoms with E-state index in [4.69, 9.17) is 14.6 Å². The number of methoxy groups -OCH3 is 1. The summed E-state index contributed by atoms with van der Waals surface area (Å²) < 4.78 is 10.7. The number of aliphatic hydroxyl groups excluding tert-OH is 1. The molecule has 5 heteroatoms. The lowest BCUT2D eigenvalue weighted by Crippen LogP contribution is -2.52. The first-order chi connectivity index (χ1) is 9.65. The molecule has 2 unspecified atom stereocenters. The first-order valence-electron chi connectivity index (χ1n) is 6.79. The Morgan fingerprint density at radius 2 is 2.25 bits per heavy atom. The lowest BCUT2D eigenvalue weighted by molar-refractivity contribution is -0.145. The lowest BCUT2D eigenvalue weighted by Gasteiger charge is -2.37. The third-order valence-electron chi connectivity index (χ3n) is 3.56. The van der Waals surface area contributed by atoms with Crippen LogP contribution in [0, 0.1) is 0 Å². The zero-order chi connectivity index (χ0) is 14.5. The normalized spacial score (nSPS) is 22.6. The number of benzene rings is 1. The Kier molecular flexibility index (Phi) is 4.98. The first-order valence-corrected chi connectivity index (χ1v) is 6.79. The quantitative estimate of drug-likeness (QED) is 0.887. The zero-order valence-corrected chi connectivity index (χ0v) is 11.9. The van der Waals surface area contributed by atoms with E-state index in [2.05, 4.69) is 0 Å². The molecule has 1 aromatic carbocycles. The van der Waals surface area contributed by atoms with E-state index < -0.39 is 0 Å². The number of ether oxygens (including phenoxy) is 2. The van der Waals surface area contributed by atoms with Crippen LogP contribution in [0.15, 0.2) is 24.3 Å². The molecule has 1 saturated heterocycles. The maximum atomic E-state index is 12.4. The fraction of sp³-hybridized carbons (Fsp3) is 0.533. The summed E-state index contributed by atoms with van der Waals surface area (Å²) in [5.41, 5.74) is 0.874. The number of hydrogen-bond acceptors (Lipinski definition) is 4. The van der Waals surface area contributed by atoms with Gasteiger partial charge in [-0.15, -0.1) is 0 Å². The average Bonchev–Trinajstić information content (AvgIpc) is 2.48. The number of aliphatic hydroxyl groups is 1.